The SMILES string of the molecule is C=C/C=C(\C=C)CN(Cc1ccccc1)C1CCC(O)(COCCC)CC1. The molecule has 0 radical (unpaired) electrons. The standard InChI is InChI=1S/C24H35NO2/c1-4-10-21(6-3)18-25(19-22-11-8-7-9-12-22)23-13-15-24(26,16-14-23)20-27-17-5-2/h4,6-12,23,26H,1,3,5,13-20H2,2H3/b21-10+. The summed E-state index contributed by atoms with van der Waals surface area (Å²) < 4.78 is 5.63. The van der Waals surface area contributed by atoms with Crippen LogP contribution in [0.25, 0.3) is 0 Å². The minimum atomic E-state index is -0.664. The molecular formula is C24H35NO2. The Hall–Kier alpha value is -1.68. The second-order valence-electron chi connectivity index (χ2n) is 7.58. The van der Waals surface area contributed by atoms with E-state index in [1.54, 1.807) is 0 Å². The zero-order chi connectivity index (χ0) is 19.5. The van der Waals surface area contributed by atoms with E-state index in [1.165, 1.54) is 11.1 Å². The highest BCUT2D eigenvalue weighted by molar-refractivity contribution is 5.23. The van der Waals surface area contributed by atoms with E-state index in [0.717, 1.165) is 51.8 Å². The van der Waals surface area contributed by atoms with E-state index in [1.807, 2.05) is 18.2 Å². The Morgan fingerprint density at radius 2 is 1.96 bits per heavy atom. The molecule has 1 fully saturated rings. The minimum absolute atomic E-state index is 0.449. The van der Waals surface area contributed by atoms with E-state index in [-0.39, 0.29) is 0 Å². The lowest BCUT2D eigenvalue weighted by atomic mass is 9.82. The van der Waals surface area contributed by atoms with Crippen LogP contribution >= 0.6 is 0 Å². The molecule has 0 bridgehead atoms. The van der Waals surface area contributed by atoms with Crippen LogP contribution in [-0.4, -0.2) is 41.4 Å². The number of nitrogens with zero attached hydrogens (tertiary/aromatic N) is 1. The lowest BCUT2D eigenvalue weighted by Crippen LogP contribution is -2.46. The predicted molar refractivity (Wildman–Crippen MR) is 114 cm³/mol. The molecule has 0 heterocycles. The van der Waals surface area contributed by atoms with E-state index < -0.39 is 5.60 Å². The largest absolute Gasteiger partial charge is 0.387 e. The van der Waals surface area contributed by atoms with Gasteiger partial charge >= 0.3 is 0 Å². The average Bonchev–Trinajstić information content (AvgIpc) is 2.68. The van der Waals surface area contributed by atoms with Gasteiger partial charge in [0.2, 0.25) is 0 Å². The van der Waals surface area contributed by atoms with Gasteiger partial charge in [-0.2, -0.15) is 0 Å². The van der Waals surface area contributed by atoms with Gasteiger partial charge in [-0.1, -0.05) is 68.6 Å². The molecule has 1 aliphatic rings. The van der Waals surface area contributed by atoms with Crippen LogP contribution in [0.3, 0.4) is 0 Å². The number of aliphatic hydroxyl groups is 1. The minimum Gasteiger partial charge on any atom is -0.387 e. The number of hydrogen-bond donors (Lipinski definition) is 1. The summed E-state index contributed by atoms with van der Waals surface area (Å²) in [4.78, 5) is 2.51. The number of allylic oxidation sites excluding steroid dienone is 2. The molecule has 1 N–H and O–H groups in total. The summed E-state index contributed by atoms with van der Waals surface area (Å²) >= 11 is 0. The van der Waals surface area contributed by atoms with E-state index in [4.69, 9.17) is 4.74 Å². The predicted octanol–water partition coefficient (Wildman–Crippen LogP) is 4.89. The highest BCUT2D eigenvalue weighted by Gasteiger charge is 2.35. The normalized spacial score (nSPS) is 23.4. The first-order valence-corrected chi connectivity index (χ1v) is 10.1. The Morgan fingerprint density at radius 3 is 2.56 bits per heavy atom. The van der Waals surface area contributed by atoms with Crippen LogP contribution in [0.15, 0.2) is 67.3 Å². The van der Waals surface area contributed by atoms with Gasteiger partial charge in [-0.05, 0) is 43.2 Å². The maximum atomic E-state index is 10.8. The van der Waals surface area contributed by atoms with Crippen LogP contribution in [0.2, 0.25) is 0 Å². The highest BCUT2D eigenvalue weighted by Crippen LogP contribution is 2.32. The molecule has 0 spiro atoms. The maximum Gasteiger partial charge on any atom is 0.0881 e. The topological polar surface area (TPSA) is 32.7 Å². The fourth-order valence-corrected chi connectivity index (χ4v) is 3.76. The van der Waals surface area contributed by atoms with Crippen molar-refractivity contribution in [1.82, 2.24) is 4.90 Å². The Labute approximate surface area is 165 Å². The van der Waals surface area contributed by atoms with Crippen molar-refractivity contribution in [1.29, 1.82) is 0 Å². The summed E-state index contributed by atoms with van der Waals surface area (Å²) in [6, 6.07) is 11.0. The van der Waals surface area contributed by atoms with Crippen molar-refractivity contribution in [2.24, 2.45) is 0 Å². The van der Waals surface area contributed by atoms with Crippen LogP contribution in [0.5, 0.6) is 0 Å². The molecule has 1 saturated carbocycles. The average molecular weight is 370 g/mol. The van der Waals surface area contributed by atoms with Crippen molar-refractivity contribution in [2.75, 3.05) is 19.8 Å². The van der Waals surface area contributed by atoms with E-state index >= 15 is 0 Å². The van der Waals surface area contributed by atoms with E-state index in [2.05, 4.69) is 55.3 Å². The van der Waals surface area contributed by atoms with E-state index in [0.29, 0.717) is 12.6 Å². The van der Waals surface area contributed by atoms with Crippen LogP contribution in [0, 0.1) is 0 Å². The quantitative estimate of drug-likeness (QED) is 0.445. The smallest absolute Gasteiger partial charge is 0.0881 e. The lowest BCUT2D eigenvalue weighted by molar-refractivity contribution is -0.0801. The van der Waals surface area contributed by atoms with Gasteiger partial charge < -0.3 is 9.84 Å². The third-order valence-corrected chi connectivity index (χ3v) is 5.33. The Kier molecular flexibility index (Phi) is 8.99. The van der Waals surface area contributed by atoms with Gasteiger partial charge in [-0.3, -0.25) is 4.90 Å². The molecule has 3 nitrogen and oxygen atoms in total. The molecule has 0 amide bonds. The van der Waals surface area contributed by atoms with Gasteiger partial charge in [0.1, 0.15) is 0 Å². The van der Waals surface area contributed by atoms with Crippen LogP contribution in [0.4, 0.5) is 0 Å². The summed E-state index contributed by atoms with van der Waals surface area (Å²) in [5, 5.41) is 10.8. The van der Waals surface area contributed by atoms with Crippen molar-refractivity contribution in [3.63, 3.8) is 0 Å². The number of ether oxygens (including phenoxy) is 1. The first-order valence-electron chi connectivity index (χ1n) is 10.1. The number of hydrogen-bond acceptors (Lipinski definition) is 3. The molecule has 2 rings (SSSR count). The highest BCUT2D eigenvalue weighted by atomic mass is 16.5. The second kappa shape index (κ2) is 11.2. The third kappa shape index (κ3) is 7.10. The second-order valence-corrected chi connectivity index (χ2v) is 7.58. The van der Waals surface area contributed by atoms with Crippen molar-refractivity contribution >= 4 is 0 Å². The van der Waals surface area contributed by atoms with Crippen molar-refractivity contribution in [3.05, 3.63) is 72.9 Å². The molecule has 3 heteroatoms. The van der Waals surface area contributed by atoms with Gasteiger partial charge in [-0.25, -0.2) is 0 Å². The zero-order valence-electron chi connectivity index (χ0n) is 16.8. The molecular weight excluding hydrogens is 334 g/mol. The molecule has 0 atom stereocenters. The monoisotopic (exact) mass is 369 g/mol. The first kappa shape index (κ1) is 21.6. The van der Waals surface area contributed by atoms with Gasteiger partial charge in [0.25, 0.3) is 0 Å². The van der Waals surface area contributed by atoms with E-state index in [9.17, 15) is 5.11 Å². The Morgan fingerprint density at radius 1 is 1.26 bits per heavy atom. The Bertz CT molecular complexity index is 600. The molecule has 1 aromatic carbocycles. The summed E-state index contributed by atoms with van der Waals surface area (Å²) in [5.41, 5.74) is 1.82. The zero-order valence-corrected chi connectivity index (χ0v) is 16.8. The molecule has 0 unspecified atom stereocenters. The third-order valence-electron chi connectivity index (χ3n) is 5.33. The van der Waals surface area contributed by atoms with Gasteiger partial charge in [0.15, 0.2) is 0 Å². The molecule has 1 aliphatic carbocycles. The van der Waals surface area contributed by atoms with Crippen molar-refractivity contribution < 1.29 is 9.84 Å². The maximum absolute atomic E-state index is 10.8. The molecule has 0 aromatic heterocycles. The fourth-order valence-electron chi connectivity index (χ4n) is 3.76. The summed E-state index contributed by atoms with van der Waals surface area (Å²) in [5.74, 6) is 0. The molecule has 27 heavy (non-hydrogen) atoms. The Balaban J connectivity index is 2.04. The van der Waals surface area contributed by atoms with Crippen LogP contribution in [0.1, 0.15) is 44.6 Å². The molecule has 0 aliphatic heterocycles. The fraction of sp³-hybridized carbons (Fsp3) is 0.500. The van der Waals surface area contributed by atoms with Gasteiger partial charge in [0.05, 0.1) is 12.2 Å². The first-order chi connectivity index (χ1) is 13.1. The summed E-state index contributed by atoms with van der Waals surface area (Å²) in [7, 11) is 0. The van der Waals surface area contributed by atoms with Gasteiger partial charge in [-0.15, -0.1) is 0 Å². The van der Waals surface area contributed by atoms with Crippen molar-refractivity contribution in [2.45, 2.75) is 57.2 Å². The number of rotatable bonds is 11. The lowest BCUT2D eigenvalue weighted by Gasteiger charge is -2.41. The summed E-state index contributed by atoms with van der Waals surface area (Å²) in [6.07, 6.45) is 10.3. The van der Waals surface area contributed by atoms with Gasteiger partial charge in [0, 0.05) is 25.7 Å². The van der Waals surface area contributed by atoms with Crippen LogP contribution in [-0.2, 0) is 11.3 Å². The molecule has 0 saturated heterocycles. The van der Waals surface area contributed by atoms with Crippen LogP contribution < -0.4 is 0 Å². The molecule has 1 aromatic rings. The summed E-state index contributed by atoms with van der Waals surface area (Å²) in [6.45, 7) is 12.8. The number of benzene rings is 1. The molecule has 148 valence electrons. The van der Waals surface area contributed by atoms with Crippen molar-refractivity contribution in [3.8, 4) is 0 Å².